The van der Waals surface area contributed by atoms with E-state index in [0.717, 1.165) is 31.9 Å². The lowest BCUT2D eigenvalue weighted by molar-refractivity contribution is -0.384. The van der Waals surface area contributed by atoms with Crippen molar-refractivity contribution in [2.75, 3.05) is 44.7 Å². The average Bonchev–Trinajstić information content (AvgIpc) is 2.48. The van der Waals surface area contributed by atoms with Gasteiger partial charge in [-0.3, -0.25) is 10.1 Å². The van der Waals surface area contributed by atoms with Crippen molar-refractivity contribution in [1.82, 2.24) is 4.90 Å². The maximum absolute atomic E-state index is 10.9. The van der Waals surface area contributed by atoms with Gasteiger partial charge < -0.3 is 14.9 Å². The van der Waals surface area contributed by atoms with E-state index in [1.54, 1.807) is 6.07 Å². The Bertz CT molecular complexity index is 569. The molecule has 0 bridgehead atoms. The van der Waals surface area contributed by atoms with Gasteiger partial charge in [0.25, 0.3) is 5.69 Å². The molecule has 1 aromatic carbocycles. The zero-order valence-corrected chi connectivity index (χ0v) is 12.1. The van der Waals surface area contributed by atoms with Gasteiger partial charge in [0.2, 0.25) is 0 Å². The molecule has 0 amide bonds. The number of hydrogen-bond acceptors (Lipinski definition) is 5. The molecule has 1 aliphatic rings. The number of piperazine rings is 1. The summed E-state index contributed by atoms with van der Waals surface area (Å²) in [5.74, 6) is 5.79. The second-order valence-corrected chi connectivity index (χ2v) is 5.02. The lowest BCUT2D eigenvalue weighted by Gasteiger charge is -2.34. The summed E-state index contributed by atoms with van der Waals surface area (Å²) < 4.78 is 0. The first-order chi connectivity index (χ1) is 10.1. The van der Waals surface area contributed by atoms with E-state index in [1.165, 1.54) is 12.1 Å². The standard InChI is InChI=1S/C15H19N3O3/c1-16-7-9-17(10-8-16)15-6-5-14(18(20)21)12-13(15)4-2-3-11-19/h5-6,12,19H,3,7-11H2,1H3. The fraction of sp³-hybridized carbons (Fsp3) is 0.467. The summed E-state index contributed by atoms with van der Waals surface area (Å²) in [6.45, 7) is 3.67. The van der Waals surface area contributed by atoms with Crippen molar-refractivity contribution in [2.24, 2.45) is 0 Å². The predicted molar refractivity (Wildman–Crippen MR) is 81.4 cm³/mol. The van der Waals surface area contributed by atoms with Crippen LogP contribution in [-0.4, -0.2) is 54.8 Å². The number of aliphatic hydroxyl groups is 1. The molecule has 0 aromatic heterocycles. The second-order valence-electron chi connectivity index (χ2n) is 5.02. The number of likely N-dealkylation sites (N-methyl/N-ethyl adjacent to an activating group) is 1. The number of nitro benzene ring substituents is 1. The van der Waals surface area contributed by atoms with Gasteiger partial charge in [-0.05, 0) is 13.1 Å². The van der Waals surface area contributed by atoms with Gasteiger partial charge in [-0.2, -0.15) is 0 Å². The zero-order chi connectivity index (χ0) is 15.2. The van der Waals surface area contributed by atoms with Crippen LogP contribution in [0.2, 0.25) is 0 Å². The third-order valence-corrected chi connectivity index (χ3v) is 3.49. The smallest absolute Gasteiger partial charge is 0.270 e. The number of nitro groups is 1. The maximum atomic E-state index is 10.9. The highest BCUT2D eigenvalue weighted by molar-refractivity contribution is 5.64. The number of benzene rings is 1. The van der Waals surface area contributed by atoms with Gasteiger partial charge in [0, 0.05) is 44.7 Å². The third kappa shape index (κ3) is 3.94. The van der Waals surface area contributed by atoms with Crippen LogP contribution in [-0.2, 0) is 0 Å². The lowest BCUT2D eigenvalue weighted by atomic mass is 10.1. The summed E-state index contributed by atoms with van der Waals surface area (Å²) in [7, 11) is 2.08. The summed E-state index contributed by atoms with van der Waals surface area (Å²) in [6.07, 6.45) is 0.366. The minimum atomic E-state index is -0.412. The molecule has 2 rings (SSSR count). The minimum Gasteiger partial charge on any atom is -0.395 e. The van der Waals surface area contributed by atoms with Gasteiger partial charge in [0.05, 0.1) is 22.8 Å². The molecule has 1 heterocycles. The topological polar surface area (TPSA) is 69.9 Å². The van der Waals surface area contributed by atoms with Crippen molar-refractivity contribution >= 4 is 11.4 Å². The van der Waals surface area contributed by atoms with Crippen LogP contribution in [0.4, 0.5) is 11.4 Å². The molecule has 0 saturated carbocycles. The Kier molecular flexibility index (Phi) is 5.14. The first kappa shape index (κ1) is 15.3. The van der Waals surface area contributed by atoms with Crippen molar-refractivity contribution in [1.29, 1.82) is 0 Å². The van der Waals surface area contributed by atoms with Crippen molar-refractivity contribution in [3.05, 3.63) is 33.9 Å². The first-order valence-electron chi connectivity index (χ1n) is 6.93. The molecule has 6 heteroatoms. The highest BCUT2D eigenvalue weighted by Gasteiger charge is 2.18. The number of hydrogen-bond donors (Lipinski definition) is 1. The molecule has 0 unspecified atom stereocenters. The molecule has 21 heavy (non-hydrogen) atoms. The van der Waals surface area contributed by atoms with Crippen LogP contribution in [0.1, 0.15) is 12.0 Å². The maximum Gasteiger partial charge on any atom is 0.270 e. The number of non-ortho nitro benzene ring substituents is 1. The molecule has 1 aliphatic heterocycles. The molecule has 0 aliphatic carbocycles. The van der Waals surface area contributed by atoms with Crippen LogP contribution in [0.5, 0.6) is 0 Å². The third-order valence-electron chi connectivity index (χ3n) is 3.49. The lowest BCUT2D eigenvalue weighted by Crippen LogP contribution is -2.44. The largest absolute Gasteiger partial charge is 0.395 e. The Labute approximate surface area is 124 Å². The van der Waals surface area contributed by atoms with E-state index in [2.05, 4.69) is 28.7 Å². The van der Waals surface area contributed by atoms with Gasteiger partial charge in [0.1, 0.15) is 0 Å². The van der Waals surface area contributed by atoms with Crippen LogP contribution in [0, 0.1) is 22.0 Å². The number of rotatable bonds is 3. The number of nitrogens with zero attached hydrogens (tertiary/aromatic N) is 3. The van der Waals surface area contributed by atoms with Crippen LogP contribution in [0.25, 0.3) is 0 Å². The fourth-order valence-corrected chi connectivity index (χ4v) is 2.27. The second kappa shape index (κ2) is 7.07. The van der Waals surface area contributed by atoms with Gasteiger partial charge in [-0.1, -0.05) is 11.8 Å². The Morgan fingerprint density at radius 1 is 1.33 bits per heavy atom. The average molecular weight is 289 g/mol. The molecule has 1 N–H and O–H groups in total. The Morgan fingerprint density at radius 2 is 2.05 bits per heavy atom. The predicted octanol–water partition coefficient (Wildman–Crippen LogP) is 1.08. The van der Waals surface area contributed by atoms with E-state index in [-0.39, 0.29) is 12.3 Å². The molecule has 6 nitrogen and oxygen atoms in total. The van der Waals surface area contributed by atoms with E-state index in [4.69, 9.17) is 5.11 Å². The van der Waals surface area contributed by atoms with E-state index >= 15 is 0 Å². The van der Waals surface area contributed by atoms with Crippen LogP contribution in [0.3, 0.4) is 0 Å². The number of anilines is 1. The highest BCUT2D eigenvalue weighted by atomic mass is 16.6. The Balaban J connectivity index is 2.31. The summed E-state index contributed by atoms with van der Waals surface area (Å²) in [6, 6.07) is 4.80. The van der Waals surface area contributed by atoms with Gasteiger partial charge in [-0.25, -0.2) is 0 Å². The monoisotopic (exact) mass is 289 g/mol. The molecule has 1 saturated heterocycles. The highest BCUT2D eigenvalue weighted by Crippen LogP contribution is 2.25. The minimum absolute atomic E-state index is 0.00817. The SMILES string of the molecule is CN1CCN(c2ccc([N+](=O)[O-])cc2C#CCCO)CC1. The Morgan fingerprint density at radius 3 is 2.67 bits per heavy atom. The van der Waals surface area contributed by atoms with E-state index in [0.29, 0.717) is 12.0 Å². The Hall–Kier alpha value is -2.10. The van der Waals surface area contributed by atoms with E-state index in [9.17, 15) is 10.1 Å². The molecular weight excluding hydrogens is 270 g/mol. The van der Waals surface area contributed by atoms with Crippen LogP contribution < -0.4 is 4.90 Å². The van der Waals surface area contributed by atoms with Gasteiger partial charge >= 0.3 is 0 Å². The summed E-state index contributed by atoms with van der Waals surface area (Å²) in [5, 5.41) is 19.7. The van der Waals surface area contributed by atoms with Crippen LogP contribution >= 0.6 is 0 Å². The number of aliphatic hydroxyl groups excluding tert-OH is 1. The zero-order valence-electron chi connectivity index (χ0n) is 12.1. The quantitative estimate of drug-likeness (QED) is 0.512. The van der Waals surface area contributed by atoms with E-state index in [1.807, 2.05) is 0 Å². The summed E-state index contributed by atoms with van der Waals surface area (Å²) >= 11 is 0. The van der Waals surface area contributed by atoms with Crippen LogP contribution in [0.15, 0.2) is 18.2 Å². The summed E-state index contributed by atoms with van der Waals surface area (Å²) in [5.41, 5.74) is 1.63. The molecule has 0 radical (unpaired) electrons. The van der Waals surface area contributed by atoms with Gasteiger partial charge in [0.15, 0.2) is 0 Å². The summed E-state index contributed by atoms with van der Waals surface area (Å²) in [4.78, 5) is 14.9. The molecule has 1 fully saturated rings. The molecule has 0 atom stereocenters. The molecular formula is C15H19N3O3. The van der Waals surface area contributed by atoms with E-state index < -0.39 is 4.92 Å². The van der Waals surface area contributed by atoms with Crippen molar-refractivity contribution in [3.8, 4) is 11.8 Å². The van der Waals surface area contributed by atoms with Gasteiger partial charge in [-0.15, -0.1) is 0 Å². The fourth-order valence-electron chi connectivity index (χ4n) is 2.27. The van der Waals surface area contributed by atoms with Crippen molar-refractivity contribution in [3.63, 3.8) is 0 Å². The van der Waals surface area contributed by atoms with Crippen molar-refractivity contribution in [2.45, 2.75) is 6.42 Å². The molecule has 0 spiro atoms. The normalized spacial score (nSPS) is 15.4. The first-order valence-corrected chi connectivity index (χ1v) is 6.93. The van der Waals surface area contributed by atoms with Crippen molar-refractivity contribution < 1.29 is 10.0 Å². The molecule has 112 valence electrons. The molecule has 1 aromatic rings.